The van der Waals surface area contributed by atoms with Crippen molar-refractivity contribution in [3.05, 3.63) is 15.8 Å². The summed E-state index contributed by atoms with van der Waals surface area (Å²) in [6.45, 7) is 2.95. The lowest BCUT2D eigenvalue weighted by atomic mass is 10.3. The Bertz CT molecular complexity index is 305. The molecule has 0 unspecified atom stereocenters. The molecule has 0 aliphatic carbocycles. The summed E-state index contributed by atoms with van der Waals surface area (Å²) >= 11 is 2.19. The molecule has 0 saturated heterocycles. The lowest BCUT2D eigenvalue weighted by Crippen LogP contribution is -2.02. The minimum absolute atomic E-state index is 0.769. The quantitative estimate of drug-likeness (QED) is 0.496. The Balaban J connectivity index is 2.52. The molecule has 0 saturated carbocycles. The topological polar surface area (TPSA) is 34.1 Å². The Labute approximate surface area is 105 Å². The minimum Gasteiger partial charge on any atom is -0.490 e. The molecule has 1 N–H and O–H groups in total. The Morgan fingerprint density at radius 1 is 1.40 bits per heavy atom. The molecule has 0 radical (unpaired) electrons. The Morgan fingerprint density at radius 3 is 2.87 bits per heavy atom. The van der Waals surface area contributed by atoms with Gasteiger partial charge in [-0.25, -0.2) is 4.98 Å². The average molecular weight is 320 g/mol. The van der Waals surface area contributed by atoms with Crippen molar-refractivity contribution < 1.29 is 4.74 Å². The van der Waals surface area contributed by atoms with Crippen molar-refractivity contribution in [1.29, 1.82) is 0 Å². The van der Waals surface area contributed by atoms with Gasteiger partial charge in [-0.3, -0.25) is 0 Å². The molecule has 0 atom stereocenters. The Morgan fingerprint density at radius 2 is 2.20 bits per heavy atom. The SMILES string of the molecule is CCCCCOc1ccc(I)nc1NC. The van der Waals surface area contributed by atoms with Gasteiger partial charge in [0.05, 0.1) is 6.61 Å². The predicted octanol–water partition coefficient (Wildman–Crippen LogP) is 3.30. The van der Waals surface area contributed by atoms with Gasteiger partial charge in [-0.2, -0.15) is 0 Å². The monoisotopic (exact) mass is 320 g/mol. The van der Waals surface area contributed by atoms with Crippen LogP contribution >= 0.6 is 22.6 Å². The number of anilines is 1. The fraction of sp³-hybridized carbons (Fsp3) is 0.545. The van der Waals surface area contributed by atoms with Crippen LogP contribution < -0.4 is 10.1 Å². The third-order valence-electron chi connectivity index (χ3n) is 2.07. The van der Waals surface area contributed by atoms with Crippen molar-refractivity contribution in [3.63, 3.8) is 0 Å². The number of ether oxygens (including phenoxy) is 1. The first kappa shape index (κ1) is 12.5. The molecule has 0 aromatic carbocycles. The van der Waals surface area contributed by atoms with Crippen LogP contribution in [0.2, 0.25) is 0 Å². The highest BCUT2D eigenvalue weighted by Crippen LogP contribution is 2.22. The van der Waals surface area contributed by atoms with Crippen molar-refractivity contribution in [2.75, 3.05) is 19.0 Å². The summed E-state index contributed by atoms with van der Waals surface area (Å²) < 4.78 is 6.63. The van der Waals surface area contributed by atoms with Gasteiger partial charge in [0, 0.05) is 7.05 Å². The van der Waals surface area contributed by atoms with E-state index in [1.807, 2.05) is 19.2 Å². The maximum Gasteiger partial charge on any atom is 0.169 e. The van der Waals surface area contributed by atoms with Gasteiger partial charge in [-0.15, -0.1) is 0 Å². The minimum atomic E-state index is 0.769. The van der Waals surface area contributed by atoms with E-state index in [2.05, 4.69) is 39.8 Å². The molecule has 0 aliphatic rings. The number of hydrogen-bond acceptors (Lipinski definition) is 3. The van der Waals surface area contributed by atoms with Crippen LogP contribution in [0.25, 0.3) is 0 Å². The van der Waals surface area contributed by atoms with E-state index in [4.69, 9.17) is 4.74 Å². The van der Waals surface area contributed by atoms with Crippen molar-refractivity contribution in [2.45, 2.75) is 26.2 Å². The third-order valence-corrected chi connectivity index (χ3v) is 2.67. The third kappa shape index (κ3) is 4.24. The van der Waals surface area contributed by atoms with Crippen LogP contribution in [0.5, 0.6) is 5.75 Å². The van der Waals surface area contributed by atoms with E-state index < -0.39 is 0 Å². The molecule has 3 nitrogen and oxygen atoms in total. The van der Waals surface area contributed by atoms with Crippen molar-refractivity contribution >= 4 is 28.4 Å². The maximum atomic E-state index is 5.66. The highest BCUT2D eigenvalue weighted by Gasteiger charge is 2.03. The van der Waals surface area contributed by atoms with Crippen LogP contribution in [0, 0.1) is 3.70 Å². The van der Waals surface area contributed by atoms with Crippen molar-refractivity contribution in [3.8, 4) is 5.75 Å². The van der Waals surface area contributed by atoms with E-state index in [1.165, 1.54) is 12.8 Å². The molecule has 84 valence electrons. The van der Waals surface area contributed by atoms with E-state index >= 15 is 0 Å². The largest absolute Gasteiger partial charge is 0.490 e. The van der Waals surface area contributed by atoms with E-state index in [9.17, 15) is 0 Å². The summed E-state index contributed by atoms with van der Waals surface area (Å²) in [5.74, 6) is 1.66. The number of nitrogens with zero attached hydrogens (tertiary/aromatic N) is 1. The Kier molecular flexibility index (Phi) is 5.75. The second kappa shape index (κ2) is 6.87. The van der Waals surface area contributed by atoms with Crippen LogP contribution in [0.1, 0.15) is 26.2 Å². The molecule has 0 fully saturated rings. The molecule has 1 aromatic rings. The van der Waals surface area contributed by atoms with Gasteiger partial charge >= 0.3 is 0 Å². The summed E-state index contributed by atoms with van der Waals surface area (Å²) in [5, 5.41) is 3.04. The van der Waals surface area contributed by atoms with Crippen LogP contribution in [-0.4, -0.2) is 18.6 Å². The second-order valence-corrected chi connectivity index (χ2v) is 4.39. The van der Waals surface area contributed by atoms with E-state index in [1.54, 1.807) is 0 Å². The number of nitrogens with one attached hydrogen (secondary N) is 1. The summed E-state index contributed by atoms with van der Waals surface area (Å²) in [6, 6.07) is 3.92. The molecule has 1 rings (SSSR count). The van der Waals surface area contributed by atoms with E-state index in [0.717, 1.165) is 28.3 Å². The molecule has 4 heteroatoms. The van der Waals surface area contributed by atoms with Gasteiger partial charge in [0.1, 0.15) is 3.70 Å². The zero-order chi connectivity index (χ0) is 11.1. The van der Waals surface area contributed by atoms with Gasteiger partial charge in [-0.1, -0.05) is 19.8 Å². The summed E-state index contributed by atoms with van der Waals surface area (Å²) in [6.07, 6.45) is 3.53. The summed E-state index contributed by atoms with van der Waals surface area (Å²) in [7, 11) is 1.86. The highest BCUT2D eigenvalue weighted by atomic mass is 127. The second-order valence-electron chi connectivity index (χ2n) is 3.29. The van der Waals surface area contributed by atoms with Gasteiger partial charge in [0.15, 0.2) is 11.6 Å². The molecule has 1 aromatic heterocycles. The first-order valence-corrected chi connectivity index (χ1v) is 6.33. The molecule has 0 bridgehead atoms. The first-order chi connectivity index (χ1) is 7.27. The molecular weight excluding hydrogens is 303 g/mol. The number of hydrogen-bond donors (Lipinski definition) is 1. The van der Waals surface area contributed by atoms with Crippen LogP contribution in [0.15, 0.2) is 12.1 Å². The van der Waals surface area contributed by atoms with E-state index in [0.29, 0.717) is 0 Å². The fourth-order valence-corrected chi connectivity index (χ4v) is 1.67. The lowest BCUT2D eigenvalue weighted by Gasteiger charge is -2.10. The van der Waals surface area contributed by atoms with Gasteiger partial charge in [0.25, 0.3) is 0 Å². The zero-order valence-electron chi connectivity index (χ0n) is 9.22. The number of pyridine rings is 1. The molecular formula is C11H17IN2O. The maximum absolute atomic E-state index is 5.66. The summed E-state index contributed by atoms with van der Waals surface area (Å²) in [5.41, 5.74) is 0. The average Bonchev–Trinajstić information content (AvgIpc) is 2.26. The van der Waals surface area contributed by atoms with Crippen LogP contribution in [-0.2, 0) is 0 Å². The standard InChI is InChI=1S/C11H17IN2O/c1-3-4-5-8-15-9-6-7-10(12)14-11(9)13-2/h6-7H,3-5,8H2,1-2H3,(H,13,14). The number of halogens is 1. The normalized spacial score (nSPS) is 10.1. The number of rotatable bonds is 6. The lowest BCUT2D eigenvalue weighted by molar-refractivity contribution is 0.306. The number of aromatic nitrogens is 1. The van der Waals surface area contributed by atoms with Gasteiger partial charge in [-0.05, 0) is 41.1 Å². The van der Waals surface area contributed by atoms with Crippen molar-refractivity contribution in [2.24, 2.45) is 0 Å². The molecule has 0 spiro atoms. The highest BCUT2D eigenvalue weighted by molar-refractivity contribution is 14.1. The zero-order valence-corrected chi connectivity index (χ0v) is 11.4. The summed E-state index contributed by atoms with van der Waals surface area (Å²) in [4.78, 5) is 4.34. The predicted molar refractivity (Wildman–Crippen MR) is 71.5 cm³/mol. The van der Waals surface area contributed by atoms with Gasteiger partial charge in [0.2, 0.25) is 0 Å². The van der Waals surface area contributed by atoms with E-state index in [-0.39, 0.29) is 0 Å². The molecule has 15 heavy (non-hydrogen) atoms. The molecule has 1 heterocycles. The van der Waals surface area contributed by atoms with Crippen molar-refractivity contribution in [1.82, 2.24) is 4.98 Å². The van der Waals surface area contributed by atoms with Crippen LogP contribution in [0.4, 0.5) is 5.82 Å². The smallest absolute Gasteiger partial charge is 0.169 e. The fourth-order valence-electron chi connectivity index (χ4n) is 1.25. The van der Waals surface area contributed by atoms with Crippen LogP contribution in [0.3, 0.4) is 0 Å². The first-order valence-electron chi connectivity index (χ1n) is 5.25. The number of unbranched alkanes of at least 4 members (excludes halogenated alkanes) is 2. The Hall–Kier alpha value is -0.520. The molecule has 0 amide bonds. The van der Waals surface area contributed by atoms with Gasteiger partial charge < -0.3 is 10.1 Å². The molecule has 0 aliphatic heterocycles.